The van der Waals surface area contributed by atoms with Crippen LogP contribution in [0.15, 0.2) is 18.2 Å². The molecule has 0 aliphatic rings. The van der Waals surface area contributed by atoms with Crippen molar-refractivity contribution < 1.29 is 4.74 Å². The monoisotopic (exact) mass is 276 g/mol. The molecule has 20 heavy (non-hydrogen) atoms. The Morgan fingerprint density at radius 1 is 1.45 bits per heavy atom. The molecule has 2 N–H and O–H groups in total. The highest BCUT2D eigenvalue weighted by Crippen LogP contribution is 2.26. The number of anilines is 1. The molecular formula is C15H24N4O. The molecule has 0 amide bonds. The minimum atomic E-state index is 0.544. The van der Waals surface area contributed by atoms with E-state index in [4.69, 9.17) is 10.5 Å². The van der Waals surface area contributed by atoms with Gasteiger partial charge in [-0.05, 0) is 32.5 Å². The van der Waals surface area contributed by atoms with Gasteiger partial charge in [0.15, 0.2) is 0 Å². The highest BCUT2D eigenvalue weighted by molar-refractivity contribution is 5.84. The van der Waals surface area contributed by atoms with Gasteiger partial charge in [-0.3, -0.25) is 0 Å². The second kappa shape index (κ2) is 6.13. The summed E-state index contributed by atoms with van der Waals surface area (Å²) in [5, 5.41) is 0. The summed E-state index contributed by atoms with van der Waals surface area (Å²) in [6.07, 6.45) is 1.14. The summed E-state index contributed by atoms with van der Waals surface area (Å²) in [6.45, 7) is 6.21. The van der Waals surface area contributed by atoms with Crippen LogP contribution in [0.25, 0.3) is 11.0 Å². The molecule has 0 aliphatic heterocycles. The highest BCUT2D eigenvalue weighted by atomic mass is 16.5. The molecule has 5 nitrogen and oxygen atoms in total. The molecular weight excluding hydrogens is 252 g/mol. The van der Waals surface area contributed by atoms with E-state index < -0.39 is 0 Å². The van der Waals surface area contributed by atoms with Crippen molar-refractivity contribution in [3.05, 3.63) is 18.2 Å². The number of para-hydroxylation sites is 1. The van der Waals surface area contributed by atoms with Gasteiger partial charge in [0, 0.05) is 19.1 Å². The lowest BCUT2D eigenvalue weighted by Gasteiger charge is -2.23. The number of nitrogen functional groups attached to an aromatic ring is 1. The SMILES string of the molecule is CCC(C)N(C)CCn1c(N)nc2c(OC)cccc21. The third-order valence-corrected chi connectivity index (χ3v) is 4.01. The maximum absolute atomic E-state index is 6.05. The maximum atomic E-state index is 6.05. The van der Waals surface area contributed by atoms with Gasteiger partial charge >= 0.3 is 0 Å². The van der Waals surface area contributed by atoms with Gasteiger partial charge in [0.2, 0.25) is 5.95 Å². The van der Waals surface area contributed by atoms with E-state index in [0.717, 1.165) is 36.3 Å². The van der Waals surface area contributed by atoms with Gasteiger partial charge in [-0.2, -0.15) is 0 Å². The number of nitrogens with zero attached hydrogens (tertiary/aromatic N) is 3. The molecule has 2 aromatic rings. The molecule has 1 heterocycles. The minimum Gasteiger partial charge on any atom is -0.494 e. The minimum absolute atomic E-state index is 0.544. The number of nitrogens with two attached hydrogens (primary N) is 1. The number of aromatic nitrogens is 2. The molecule has 0 spiro atoms. The summed E-state index contributed by atoms with van der Waals surface area (Å²) in [7, 11) is 3.80. The Balaban J connectivity index is 2.24. The van der Waals surface area contributed by atoms with Gasteiger partial charge in [0.1, 0.15) is 11.3 Å². The maximum Gasteiger partial charge on any atom is 0.201 e. The predicted molar refractivity (Wildman–Crippen MR) is 83.1 cm³/mol. The van der Waals surface area contributed by atoms with Crippen molar-refractivity contribution in [3.8, 4) is 5.75 Å². The van der Waals surface area contributed by atoms with E-state index in [0.29, 0.717) is 12.0 Å². The number of hydrogen-bond acceptors (Lipinski definition) is 4. The second-order valence-corrected chi connectivity index (χ2v) is 5.19. The average molecular weight is 276 g/mol. The van der Waals surface area contributed by atoms with Gasteiger partial charge in [-0.25, -0.2) is 4.98 Å². The van der Waals surface area contributed by atoms with Crippen LogP contribution in [0.3, 0.4) is 0 Å². The Morgan fingerprint density at radius 3 is 2.85 bits per heavy atom. The van der Waals surface area contributed by atoms with E-state index >= 15 is 0 Å². The first-order valence-corrected chi connectivity index (χ1v) is 7.07. The van der Waals surface area contributed by atoms with Gasteiger partial charge in [0.05, 0.1) is 12.6 Å². The quantitative estimate of drug-likeness (QED) is 0.880. The van der Waals surface area contributed by atoms with Crippen LogP contribution < -0.4 is 10.5 Å². The van der Waals surface area contributed by atoms with Crippen LogP contribution >= 0.6 is 0 Å². The summed E-state index contributed by atoms with van der Waals surface area (Å²) >= 11 is 0. The summed E-state index contributed by atoms with van der Waals surface area (Å²) in [5.74, 6) is 1.31. The average Bonchev–Trinajstić information content (AvgIpc) is 2.79. The Kier molecular flexibility index (Phi) is 4.49. The van der Waals surface area contributed by atoms with E-state index in [1.807, 2.05) is 18.2 Å². The molecule has 1 aromatic carbocycles. The van der Waals surface area contributed by atoms with Crippen molar-refractivity contribution in [1.82, 2.24) is 14.5 Å². The molecule has 0 fully saturated rings. The van der Waals surface area contributed by atoms with Crippen LogP contribution in [-0.4, -0.2) is 41.2 Å². The number of imidazole rings is 1. The number of ether oxygens (including phenoxy) is 1. The van der Waals surface area contributed by atoms with Crippen LogP contribution in [-0.2, 0) is 6.54 Å². The van der Waals surface area contributed by atoms with Crippen LogP contribution in [0.5, 0.6) is 5.75 Å². The largest absolute Gasteiger partial charge is 0.494 e. The summed E-state index contributed by atoms with van der Waals surface area (Å²) < 4.78 is 7.39. The van der Waals surface area contributed by atoms with Crippen molar-refractivity contribution in [3.63, 3.8) is 0 Å². The molecule has 0 saturated heterocycles. The van der Waals surface area contributed by atoms with Gasteiger partial charge in [-0.15, -0.1) is 0 Å². The normalized spacial score (nSPS) is 13.1. The van der Waals surface area contributed by atoms with Crippen molar-refractivity contribution in [2.75, 3.05) is 26.4 Å². The molecule has 1 aromatic heterocycles. The number of benzene rings is 1. The van der Waals surface area contributed by atoms with Crippen LogP contribution in [0, 0.1) is 0 Å². The Hall–Kier alpha value is -1.75. The molecule has 2 rings (SSSR count). The lowest BCUT2D eigenvalue weighted by Crippen LogP contribution is -2.31. The zero-order valence-electron chi connectivity index (χ0n) is 12.8. The van der Waals surface area contributed by atoms with E-state index in [2.05, 4.69) is 35.3 Å². The summed E-state index contributed by atoms with van der Waals surface area (Å²) in [6, 6.07) is 6.48. The Bertz CT molecular complexity index is 579. The molecule has 5 heteroatoms. The fourth-order valence-electron chi connectivity index (χ4n) is 2.33. The first kappa shape index (κ1) is 14.7. The lowest BCUT2D eigenvalue weighted by molar-refractivity contribution is 0.244. The van der Waals surface area contributed by atoms with Gasteiger partial charge in [-0.1, -0.05) is 13.0 Å². The molecule has 0 bridgehead atoms. The van der Waals surface area contributed by atoms with Crippen LogP contribution in [0.2, 0.25) is 0 Å². The molecule has 0 radical (unpaired) electrons. The Labute approximate surface area is 120 Å². The lowest BCUT2D eigenvalue weighted by atomic mass is 10.2. The number of methoxy groups -OCH3 is 1. The van der Waals surface area contributed by atoms with Crippen molar-refractivity contribution in [1.29, 1.82) is 0 Å². The third kappa shape index (κ3) is 2.72. The van der Waals surface area contributed by atoms with Crippen LogP contribution in [0.1, 0.15) is 20.3 Å². The van der Waals surface area contributed by atoms with Crippen molar-refractivity contribution in [2.24, 2.45) is 0 Å². The number of likely N-dealkylation sites (N-methyl/N-ethyl adjacent to an activating group) is 1. The number of hydrogen-bond donors (Lipinski definition) is 1. The fraction of sp³-hybridized carbons (Fsp3) is 0.533. The fourth-order valence-corrected chi connectivity index (χ4v) is 2.33. The van der Waals surface area contributed by atoms with E-state index in [-0.39, 0.29) is 0 Å². The van der Waals surface area contributed by atoms with E-state index in [9.17, 15) is 0 Å². The summed E-state index contributed by atoms with van der Waals surface area (Å²) in [5.41, 5.74) is 7.91. The molecule has 110 valence electrons. The first-order valence-electron chi connectivity index (χ1n) is 7.07. The summed E-state index contributed by atoms with van der Waals surface area (Å²) in [4.78, 5) is 6.76. The van der Waals surface area contributed by atoms with Crippen molar-refractivity contribution >= 4 is 17.0 Å². The Morgan fingerprint density at radius 2 is 2.20 bits per heavy atom. The van der Waals surface area contributed by atoms with E-state index in [1.165, 1.54) is 0 Å². The zero-order chi connectivity index (χ0) is 14.7. The molecule has 1 atom stereocenters. The molecule has 0 saturated carbocycles. The molecule has 1 unspecified atom stereocenters. The van der Waals surface area contributed by atoms with Crippen molar-refractivity contribution in [2.45, 2.75) is 32.9 Å². The van der Waals surface area contributed by atoms with Gasteiger partial charge < -0.3 is 19.9 Å². The van der Waals surface area contributed by atoms with E-state index in [1.54, 1.807) is 7.11 Å². The highest BCUT2D eigenvalue weighted by Gasteiger charge is 2.13. The number of rotatable bonds is 6. The van der Waals surface area contributed by atoms with Gasteiger partial charge in [0.25, 0.3) is 0 Å². The van der Waals surface area contributed by atoms with Crippen LogP contribution in [0.4, 0.5) is 5.95 Å². The smallest absolute Gasteiger partial charge is 0.201 e. The predicted octanol–water partition coefficient (Wildman–Crippen LogP) is 2.36. The topological polar surface area (TPSA) is 56.3 Å². The standard InChI is InChI=1S/C15H24N4O/c1-5-11(2)18(3)9-10-19-12-7-6-8-13(20-4)14(12)17-15(19)16/h6-8,11H,5,9-10H2,1-4H3,(H2,16,17). The second-order valence-electron chi connectivity index (χ2n) is 5.19. The number of fused-ring (bicyclic) bond motifs is 1. The zero-order valence-corrected chi connectivity index (χ0v) is 12.8. The third-order valence-electron chi connectivity index (χ3n) is 4.01. The first-order chi connectivity index (χ1) is 9.58. The molecule has 0 aliphatic carbocycles.